The molecule has 2 rings (SSSR count). The average molecular weight is 520 g/mol. The van der Waals surface area contributed by atoms with Crippen molar-refractivity contribution in [3.05, 3.63) is 36.0 Å². The maximum Gasteiger partial charge on any atom is 0.326 e. The number of aliphatic carboxylic acids is 2. The summed E-state index contributed by atoms with van der Waals surface area (Å²) in [6.07, 6.45) is 0.783. The Morgan fingerprint density at radius 2 is 1.59 bits per heavy atom. The van der Waals surface area contributed by atoms with E-state index >= 15 is 0 Å². The van der Waals surface area contributed by atoms with Crippen LogP contribution < -0.4 is 21.7 Å². The van der Waals surface area contributed by atoms with Crippen LogP contribution in [0.4, 0.5) is 0 Å². The van der Waals surface area contributed by atoms with Crippen molar-refractivity contribution >= 4 is 40.6 Å². The van der Waals surface area contributed by atoms with Crippen LogP contribution in [-0.2, 0) is 30.4 Å². The van der Waals surface area contributed by atoms with Crippen LogP contribution in [0.1, 0.15) is 32.3 Å². The Morgan fingerprint density at radius 1 is 0.946 bits per heavy atom. The molecule has 0 bridgehead atoms. The minimum absolute atomic E-state index is 0.0611. The Hall–Kier alpha value is -3.97. The molecule has 4 atom stereocenters. The molecule has 202 valence electrons. The first-order valence-corrected chi connectivity index (χ1v) is 11.7. The quantitative estimate of drug-likeness (QED) is 0.154. The topological polar surface area (TPSA) is 224 Å². The smallest absolute Gasteiger partial charge is 0.326 e. The third-order valence-electron chi connectivity index (χ3n) is 5.77. The van der Waals surface area contributed by atoms with Crippen molar-refractivity contribution in [1.82, 2.24) is 20.9 Å². The zero-order valence-corrected chi connectivity index (χ0v) is 20.6. The Labute approximate surface area is 212 Å². The molecule has 0 unspecified atom stereocenters. The number of carboxylic acid groups (broad SMARTS) is 2. The van der Waals surface area contributed by atoms with Gasteiger partial charge in [-0.2, -0.15) is 0 Å². The molecule has 2 aromatic rings. The summed E-state index contributed by atoms with van der Waals surface area (Å²) < 4.78 is 0. The number of rotatable bonds is 14. The molecule has 13 heteroatoms. The minimum atomic E-state index is -1.39. The van der Waals surface area contributed by atoms with Crippen molar-refractivity contribution in [1.29, 1.82) is 0 Å². The number of amides is 3. The van der Waals surface area contributed by atoms with Gasteiger partial charge in [0.2, 0.25) is 17.7 Å². The lowest BCUT2D eigenvalue weighted by Gasteiger charge is -2.26. The fourth-order valence-electron chi connectivity index (χ4n) is 3.67. The van der Waals surface area contributed by atoms with Crippen LogP contribution in [0.5, 0.6) is 0 Å². The van der Waals surface area contributed by atoms with E-state index < -0.39 is 72.8 Å². The number of benzene rings is 1. The monoisotopic (exact) mass is 519 g/mol. The van der Waals surface area contributed by atoms with E-state index in [0.717, 1.165) is 10.9 Å². The summed E-state index contributed by atoms with van der Waals surface area (Å²) in [6, 6.07) is 2.08. The van der Waals surface area contributed by atoms with Crippen LogP contribution in [0.15, 0.2) is 30.5 Å². The molecule has 37 heavy (non-hydrogen) atoms. The zero-order valence-electron chi connectivity index (χ0n) is 20.6. The molecule has 1 heterocycles. The number of para-hydroxylation sites is 1. The highest BCUT2D eigenvalue weighted by atomic mass is 16.4. The van der Waals surface area contributed by atoms with E-state index in [9.17, 15) is 29.1 Å². The molecule has 0 aliphatic heterocycles. The van der Waals surface area contributed by atoms with Gasteiger partial charge < -0.3 is 42.0 Å². The molecule has 13 nitrogen and oxygen atoms in total. The van der Waals surface area contributed by atoms with E-state index in [-0.39, 0.29) is 12.8 Å². The van der Waals surface area contributed by atoms with E-state index in [1.54, 1.807) is 32.2 Å². The molecule has 0 radical (unpaired) electrons. The zero-order chi connectivity index (χ0) is 27.7. The second kappa shape index (κ2) is 13.4. The van der Waals surface area contributed by atoms with Crippen molar-refractivity contribution < 1.29 is 39.3 Å². The summed E-state index contributed by atoms with van der Waals surface area (Å²) in [6.45, 7) is 2.61. The molecule has 9 N–H and O–H groups in total. The molecule has 0 aliphatic carbocycles. The van der Waals surface area contributed by atoms with Gasteiger partial charge in [-0.1, -0.05) is 32.0 Å². The number of aliphatic hydroxyl groups excluding tert-OH is 1. The van der Waals surface area contributed by atoms with Crippen molar-refractivity contribution in [2.45, 2.75) is 57.3 Å². The SMILES string of the molecule is CC(C)[C@H](NC(=O)[C@@H](N)CO)C(=O)N[C@@H](CCC(=O)O)C(=O)N[C@@H](Cc1c[nH]c2ccccc12)C(=O)O. The van der Waals surface area contributed by atoms with Gasteiger partial charge in [-0.25, -0.2) is 4.79 Å². The van der Waals surface area contributed by atoms with Gasteiger partial charge in [-0.15, -0.1) is 0 Å². The minimum Gasteiger partial charge on any atom is -0.481 e. The van der Waals surface area contributed by atoms with Gasteiger partial charge in [0.25, 0.3) is 0 Å². The van der Waals surface area contributed by atoms with Gasteiger partial charge in [-0.05, 0) is 24.0 Å². The van der Waals surface area contributed by atoms with Crippen molar-refractivity contribution in [3.63, 3.8) is 0 Å². The number of carboxylic acids is 2. The summed E-state index contributed by atoms with van der Waals surface area (Å²) in [5.41, 5.74) is 6.93. The number of aromatic amines is 1. The standard InChI is InChI=1S/C24H33N5O8/c1-12(2)20(29-21(33)15(25)11-30)23(35)27-17(7-8-19(31)32)22(34)28-18(24(36)37)9-13-10-26-16-6-4-3-5-14(13)16/h3-6,10,12,15,17-18,20,26,30H,7-9,11,25H2,1-2H3,(H,27,35)(H,28,34)(H,29,33)(H,31,32)(H,36,37)/t15-,17-,18-,20-/m0/s1. The van der Waals surface area contributed by atoms with Crippen LogP contribution in [0.3, 0.4) is 0 Å². The van der Waals surface area contributed by atoms with Crippen LogP contribution in [0, 0.1) is 5.92 Å². The first-order valence-electron chi connectivity index (χ1n) is 11.7. The number of H-pyrrole nitrogens is 1. The number of carbonyl (C=O) groups excluding carboxylic acids is 3. The maximum atomic E-state index is 13.0. The third kappa shape index (κ3) is 8.29. The fourth-order valence-corrected chi connectivity index (χ4v) is 3.67. The Bertz CT molecular complexity index is 1130. The highest BCUT2D eigenvalue weighted by Crippen LogP contribution is 2.19. The number of nitrogens with one attached hydrogen (secondary N) is 4. The summed E-state index contributed by atoms with van der Waals surface area (Å²) in [4.78, 5) is 64.2. The summed E-state index contributed by atoms with van der Waals surface area (Å²) in [5, 5.41) is 35.9. The van der Waals surface area contributed by atoms with Crippen LogP contribution in [0.25, 0.3) is 10.9 Å². The van der Waals surface area contributed by atoms with Crippen LogP contribution in [-0.4, -0.2) is 80.7 Å². The number of nitrogens with two attached hydrogens (primary N) is 1. The van der Waals surface area contributed by atoms with Crippen LogP contribution in [0.2, 0.25) is 0 Å². The predicted octanol–water partition coefficient (Wildman–Crippen LogP) is -0.910. The number of hydrogen-bond acceptors (Lipinski definition) is 7. The highest BCUT2D eigenvalue weighted by Gasteiger charge is 2.32. The van der Waals surface area contributed by atoms with Gasteiger partial charge in [0.1, 0.15) is 24.2 Å². The van der Waals surface area contributed by atoms with E-state index in [0.29, 0.717) is 5.56 Å². The van der Waals surface area contributed by atoms with Crippen LogP contribution >= 0.6 is 0 Å². The molecular weight excluding hydrogens is 486 g/mol. The summed E-state index contributed by atoms with van der Waals surface area (Å²) in [7, 11) is 0. The Morgan fingerprint density at radius 3 is 2.19 bits per heavy atom. The van der Waals surface area contributed by atoms with E-state index in [2.05, 4.69) is 20.9 Å². The van der Waals surface area contributed by atoms with E-state index in [4.69, 9.17) is 15.9 Å². The van der Waals surface area contributed by atoms with Gasteiger partial charge in [-0.3, -0.25) is 19.2 Å². The van der Waals surface area contributed by atoms with E-state index in [1.165, 1.54) is 0 Å². The lowest BCUT2D eigenvalue weighted by molar-refractivity contribution is -0.143. The van der Waals surface area contributed by atoms with Gasteiger partial charge in [0.15, 0.2) is 0 Å². The number of carbonyl (C=O) groups is 5. The highest BCUT2D eigenvalue weighted by molar-refractivity contribution is 5.94. The molecule has 1 aromatic heterocycles. The van der Waals surface area contributed by atoms with Crippen molar-refractivity contribution in [2.75, 3.05) is 6.61 Å². The van der Waals surface area contributed by atoms with Gasteiger partial charge >= 0.3 is 11.9 Å². The lowest BCUT2D eigenvalue weighted by Crippen LogP contribution is -2.58. The molecule has 0 fully saturated rings. The van der Waals surface area contributed by atoms with Crippen molar-refractivity contribution in [3.8, 4) is 0 Å². The largest absolute Gasteiger partial charge is 0.481 e. The average Bonchev–Trinajstić information content (AvgIpc) is 3.26. The van der Waals surface area contributed by atoms with Gasteiger partial charge in [0, 0.05) is 29.9 Å². The maximum absolute atomic E-state index is 13.0. The number of hydrogen-bond donors (Lipinski definition) is 8. The molecule has 0 spiro atoms. The predicted molar refractivity (Wildman–Crippen MR) is 132 cm³/mol. The summed E-state index contributed by atoms with van der Waals surface area (Å²) >= 11 is 0. The normalized spacial score (nSPS) is 14.4. The number of fused-ring (bicyclic) bond motifs is 1. The second-order valence-electron chi connectivity index (χ2n) is 8.98. The summed E-state index contributed by atoms with van der Waals surface area (Å²) in [5.74, 6) is -5.44. The second-order valence-corrected chi connectivity index (χ2v) is 8.98. The molecule has 3 amide bonds. The molecular formula is C24H33N5O8. The van der Waals surface area contributed by atoms with E-state index in [1.807, 2.05) is 12.1 Å². The Balaban J connectivity index is 2.19. The first kappa shape index (κ1) is 29.3. The van der Waals surface area contributed by atoms with Crippen molar-refractivity contribution in [2.24, 2.45) is 11.7 Å². The molecule has 0 aliphatic rings. The fraction of sp³-hybridized carbons (Fsp3) is 0.458. The lowest BCUT2D eigenvalue weighted by atomic mass is 10.0. The number of aliphatic hydroxyl groups is 1. The molecule has 1 aromatic carbocycles. The molecule has 0 saturated heterocycles. The van der Waals surface area contributed by atoms with Gasteiger partial charge in [0.05, 0.1) is 6.61 Å². The molecule has 0 saturated carbocycles. The first-order chi connectivity index (χ1) is 17.4. The Kier molecular flexibility index (Phi) is 10.6. The number of aromatic nitrogens is 1. The third-order valence-corrected chi connectivity index (χ3v) is 5.77.